The van der Waals surface area contributed by atoms with E-state index in [-0.39, 0.29) is 11.9 Å². The number of carbonyl (C=O) groups is 1. The first-order valence-corrected chi connectivity index (χ1v) is 6.77. The second-order valence-corrected chi connectivity index (χ2v) is 4.80. The van der Waals surface area contributed by atoms with E-state index < -0.39 is 0 Å². The highest BCUT2D eigenvalue weighted by Gasteiger charge is 2.08. The molecule has 1 heterocycles. The minimum Gasteiger partial charge on any atom is -0.423 e. The Morgan fingerprint density at radius 1 is 1.50 bits per heavy atom. The molecule has 1 unspecified atom stereocenters. The third-order valence-corrected chi connectivity index (χ3v) is 3.06. The highest BCUT2D eigenvalue weighted by atomic mass is 16.4. The molecule has 6 heteroatoms. The van der Waals surface area contributed by atoms with Crippen LogP contribution in [0.3, 0.4) is 0 Å². The third-order valence-electron chi connectivity index (χ3n) is 3.06. The van der Waals surface area contributed by atoms with Gasteiger partial charge in [-0.2, -0.15) is 4.98 Å². The van der Waals surface area contributed by atoms with Gasteiger partial charge in [-0.05, 0) is 25.5 Å². The largest absolute Gasteiger partial charge is 0.423 e. The summed E-state index contributed by atoms with van der Waals surface area (Å²) < 4.78 is 5.50. The average Bonchev–Trinajstić information content (AvgIpc) is 2.80. The van der Waals surface area contributed by atoms with Gasteiger partial charge in [0.25, 0.3) is 6.01 Å². The first-order valence-electron chi connectivity index (χ1n) is 6.77. The van der Waals surface area contributed by atoms with Crippen molar-refractivity contribution in [3.63, 3.8) is 0 Å². The van der Waals surface area contributed by atoms with Gasteiger partial charge in [0.1, 0.15) is 5.52 Å². The summed E-state index contributed by atoms with van der Waals surface area (Å²) in [5.41, 5.74) is 7.68. The maximum absolute atomic E-state index is 11.6. The highest BCUT2D eigenvalue weighted by Crippen LogP contribution is 2.20. The Kier molecular flexibility index (Phi) is 4.45. The quantitative estimate of drug-likeness (QED) is 0.703. The zero-order valence-electron chi connectivity index (χ0n) is 11.8. The maximum atomic E-state index is 11.6. The molecule has 6 nitrogen and oxygen atoms in total. The van der Waals surface area contributed by atoms with Crippen LogP contribution in [0.4, 0.5) is 11.7 Å². The molecule has 1 amide bonds. The molecule has 0 aliphatic carbocycles. The molecular formula is C14H20N4O2. The predicted octanol–water partition coefficient (Wildman–Crippen LogP) is 2.13. The van der Waals surface area contributed by atoms with Crippen LogP contribution in [-0.2, 0) is 4.79 Å². The molecule has 0 radical (unpaired) electrons. The molecule has 1 aromatic heterocycles. The Morgan fingerprint density at radius 2 is 2.30 bits per heavy atom. The van der Waals surface area contributed by atoms with Gasteiger partial charge in [0, 0.05) is 30.8 Å². The lowest BCUT2D eigenvalue weighted by Crippen LogP contribution is -2.32. The van der Waals surface area contributed by atoms with Crippen molar-refractivity contribution < 1.29 is 9.21 Å². The Morgan fingerprint density at radius 3 is 3.05 bits per heavy atom. The molecule has 108 valence electrons. The fraction of sp³-hybridized carbons (Fsp3) is 0.429. The Labute approximate surface area is 117 Å². The van der Waals surface area contributed by atoms with E-state index in [1.54, 1.807) is 18.2 Å². The minimum absolute atomic E-state index is 0.0206. The van der Waals surface area contributed by atoms with Crippen molar-refractivity contribution in [2.75, 3.05) is 17.6 Å². The van der Waals surface area contributed by atoms with E-state index in [9.17, 15) is 4.79 Å². The number of nitrogens with zero attached hydrogens (tertiary/aromatic N) is 1. The van der Waals surface area contributed by atoms with Crippen molar-refractivity contribution >= 4 is 28.7 Å². The van der Waals surface area contributed by atoms with E-state index in [1.807, 2.05) is 13.8 Å². The number of oxazole rings is 1. The number of aromatic nitrogens is 1. The summed E-state index contributed by atoms with van der Waals surface area (Å²) in [4.78, 5) is 15.9. The Bertz CT molecular complexity index is 594. The van der Waals surface area contributed by atoms with Gasteiger partial charge in [-0.1, -0.05) is 6.92 Å². The van der Waals surface area contributed by atoms with E-state index >= 15 is 0 Å². The zero-order valence-corrected chi connectivity index (χ0v) is 11.8. The van der Waals surface area contributed by atoms with E-state index in [0.717, 1.165) is 11.9 Å². The van der Waals surface area contributed by atoms with E-state index in [0.29, 0.717) is 30.3 Å². The predicted molar refractivity (Wildman–Crippen MR) is 79.4 cm³/mol. The Hall–Kier alpha value is -2.24. The van der Waals surface area contributed by atoms with Gasteiger partial charge in [-0.3, -0.25) is 4.79 Å². The van der Waals surface area contributed by atoms with E-state index in [4.69, 9.17) is 10.2 Å². The van der Waals surface area contributed by atoms with Gasteiger partial charge in [-0.15, -0.1) is 0 Å². The zero-order chi connectivity index (χ0) is 14.5. The van der Waals surface area contributed by atoms with E-state index in [2.05, 4.69) is 15.6 Å². The summed E-state index contributed by atoms with van der Waals surface area (Å²) >= 11 is 0. The van der Waals surface area contributed by atoms with Crippen LogP contribution in [0.5, 0.6) is 0 Å². The van der Waals surface area contributed by atoms with Gasteiger partial charge in [-0.25, -0.2) is 0 Å². The number of fused-ring (bicyclic) bond motifs is 1. The van der Waals surface area contributed by atoms with Crippen LogP contribution in [0.2, 0.25) is 0 Å². The number of anilines is 2. The number of nitrogens with two attached hydrogens (primary N) is 1. The summed E-state index contributed by atoms with van der Waals surface area (Å²) in [6, 6.07) is 5.91. The lowest BCUT2D eigenvalue weighted by molar-refractivity contribution is -0.121. The van der Waals surface area contributed by atoms with Crippen LogP contribution in [0.1, 0.15) is 26.7 Å². The van der Waals surface area contributed by atoms with Crippen molar-refractivity contribution in [3.8, 4) is 0 Å². The van der Waals surface area contributed by atoms with Gasteiger partial charge in [0.05, 0.1) is 0 Å². The SMILES string of the molecule is CCC(C)NC(=O)CCNc1nc2ccc(N)cc2o1. The summed E-state index contributed by atoms with van der Waals surface area (Å²) in [6.45, 7) is 4.49. The number of benzene rings is 1. The van der Waals surface area contributed by atoms with Crippen LogP contribution in [0.25, 0.3) is 11.1 Å². The number of nitrogen functional groups attached to an aromatic ring is 1. The van der Waals surface area contributed by atoms with Crippen molar-refractivity contribution in [3.05, 3.63) is 18.2 Å². The van der Waals surface area contributed by atoms with Crippen molar-refractivity contribution in [2.45, 2.75) is 32.7 Å². The monoisotopic (exact) mass is 276 g/mol. The normalized spacial score (nSPS) is 12.3. The molecule has 4 N–H and O–H groups in total. The average molecular weight is 276 g/mol. The molecule has 1 aromatic carbocycles. The second-order valence-electron chi connectivity index (χ2n) is 4.80. The fourth-order valence-corrected chi connectivity index (χ4v) is 1.75. The molecule has 0 saturated heterocycles. The molecule has 1 atom stereocenters. The smallest absolute Gasteiger partial charge is 0.295 e. The van der Waals surface area contributed by atoms with Crippen LogP contribution >= 0.6 is 0 Å². The lowest BCUT2D eigenvalue weighted by Gasteiger charge is -2.10. The molecule has 0 aliphatic rings. The molecule has 2 aromatic rings. The van der Waals surface area contributed by atoms with Gasteiger partial charge >= 0.3 is 0 Å². The number of nitrogens with one attached hydrogen (secondary N) is 2. The number of carbonyl (C=O) groups excluding carboxylic acids is 1. The molecular weight excluding hydrogens is 256 g/mol. The first kappa shape index (κ1) is 14.2. The molecule has 0 bridgehead atoms. The van der Waals surface area contributed by atoms with Crippen LogP contribution < -0.4 is 16.4 Å². The fourth-order valence-electron chi connectivity index (χ4n) is 1.75. The maximum Gasteiger partial charge on any atom is 0.295 e. The van der Waals surface area contributed by atoms with Crippen LogP contribution in [0, 0.1) is 0 Å². The second kappa shape index (κ2) is 6.27. The topological polar surface area (TPSA) is 93.2 Å². The summed E-state index contributed by atoms with van der Waals surface area (Å²) in [6.07, 6.45) is 1.30. The molecule has 2 rings (SSSR count). The van der Waals surface area contributed by atoms with Crippen molar-refractivity contribution in [1.82, 2.24) is 10.3 Å². The molecule has 0 spiro atoms. The number of amides is 1. The molecule has 0 fully saturated rings. The minimum atomic E-state index is 0.0206. The molecule has 0 aliphatic heterocycles. The number of hydrogen-bond acceptors (Lipinski definition) is 5. The van der Waals surface area contributed by atoms with Gasteiger partial charge in [0.2, 0.25) is 5.91 Å². The lowest BCUT2D eigenvalue weighted by atomic mass is 10.2. The number of hydrogen-bond donors (Lipinski definition) is 3. The standard InChI is InChI=1S/C14H20N4O2/c1-3-9(2)17-13(19)6-7-16-14-18-11-5-4-10(15)8-12(11)20-14/h4-5,8-9H,3,6-7,15H2,1-2H3,(H,16,18)(H,17,19). The van der Waals surface area contributed by atoms with Crippen molar-refractivity contribution in [1.29, 1.82) is 0 Å². The van der Waals surface area contributed by atoms with E-state index in [1.165, 1.54) is 0 Å². The van der Waals surface area contributed by atoms with Gasteiger partial charge in [0.15, 0.2) is 5.58 Å². The number of rotatable bonds is 6. The first-order chi connectivity index (χ1) is 9.58. The molecule has 20 heavy (non-hydrogen) atoms. The highest BCUT2D eigenvalue weighted by molar-refractivity contribution is 5.78. The van der Waals surface area contributed by atoms with Crippen LogP contribution in [-0.4, -0.2) is 23.5 Å². The molecule has 0 saturated carbocycles. The van der Waals surface area contributed by atoms with Crippen molar-refractivity contribution in [2.24, 2.45) is 0 Å². The van der Waals surface area contributed by atoms with Crippen LogP contribution in [0.15, 0.2) is 22.6 Å². The summed E-state index contributed by atoms with van der Waals surface area (Å²) in [7, 11) is 0. The summed E-state index contributed by atoms with van der Waals surface area (Å²) in [5, 5.41) is 5.90. The summed E-state index contributed by atoms with van der Waals surface area (Å²) in [5.74, 6) is 0.0206. The Balaban J connectivity index is 1.85. The third kappa shape index (κ3) is 3.63. The van der Waals surface area contributed by atoms with Gasteiger partial charge < -0.3 is 20.8 Å².